The van der Waals surface area contributed by atoms with Crippen LogP contribution < -0.4 is 10.2 Å². The first-order valence-electron chi connectivity index (χ1n) is 9.72. The molecule has 0 radical (unpaired) electrons. The van der Waals surface area contributed by atoms with Gasteiger partial charge in [0.25, 0.3) is 0 Å². The Bertz CT molecular complexity index is 1040. The number of carboxylic acid groups (broad SMARTS) is 1. The Morgan fingerprint density at radius 2 is 1.68 bits per heavy atom. The van der Waals surface area contributed by atoms with Gasteiger partial charge < -0.3 is 14.9 Å². The van der Waals surface area contributed by atoms with Gasteiger partial charge in [-0.25, -0.2) is 10.2 Å². The van der Waals surface area contributed by atoms with Crippen molar-refractivity contribution in [2.45, 2.75) is 19.5 Å². The molecule has 3 rings (SSSR count). The van der Waals surface area contributed by atoms with E-state index in [1.807, 2.05) is 54.6 Å². The number of nitrogens with one attached hydrogen (secondary N) is 1. The Morgan fingerprint density at radius 1 is 0.968 bits per heavy atom. The Kier molecular flexibility index (Phi) is 7.24. The molecule has 0 bridgehead atoms. The molecule has 3 aromatic carbocycles. The summed E-state index contributed by atoms with van der Waals surface area (Å²) in [6.45, 7) is 0.464. The second kappa shape index (κ2) is 10.3. The highest BCUT2D eigenvalue weighted by Crippen LogP contribution is 2.19. The van der Waals surface area contributed by atoms with Crippen LogP contribution in [0.25, 0.3) is 0 Å². The number of ether oxygens (including phenoxy) is 1. The van der Waals surface area contributed by atoms with E-state index in [9.17, 15) is 14.7 Å². The summed E-state index contributed by atoms with van der Waals surface area (Å²) in [7, 11) is 1.59. The first-order chi connectivity index (χ1) is 15.0. The third-order valence-corrected chi connectivity index (χ3v) is 4.79. The molecule has 0 fully saturated rings. The van der Waals surface area contributed by atoms with E-state index in [1.165, 1.54) is 23.2 Å². The first-order valence-corrected chi connectivity index (χ1v) is 9.72. The van der Waals surface area contributed by atoms with E-state index in [4.69, 9.17) is 9.84 Å². The zero-order valence-corrected chi connectivity index (χ0v) is 17.1. The number of carbonyl (C=O) groups excluding carboxylic acids is 1. The SMILES string of the molecule is COc1ccc(CN(NCc2ccc(C(=O)O)cc2O)C(=O)Cc2ccccc2)cc1. The van der Waals surface area contributed by atoms with Crippen molar-refractivity contribution in [3.63, 3.8) is 0 Å². The lowest BCUT2D eigenvalue weighted by Gasteiger charge is -2.24. The molecule has 0 aromatic heterocycles. The van der Waals surface area contributed by atoms with Crippen LogP contribution in [0.2, 0.25) is 0 Å². The average Bonchev–Trinajstić information content (AvgIpc) is 2.78. The Morgan fingerprint density at radius 3 is 2.29 bits per heavy atom. The van der Waals surface area contributed by atoms with Crippen molar-refractivity contribution in [3.05, 3.63) is 95.1 Å². The molecule has 3 N–H and O–H groups in total. The number of phenols is 1. The van der Waals surface area contributed by atoms with Crippen LogP contribution in [0.15, 0.2) is 72.8 Å². The third-order valence-electron chi connectivity index (χ3n) is 4.79. The maximum atomic E-state index is 13.0. The molecular formula is C24H24N2O5. The van der Waals surface area contributed by atoms with Crippen molar-refractivity contribution >= 4 is 11.9 Å². The molecule has 7 heteroatoms. The topological polar surface area (TPSA) is 99.1 Å². The van der Waals surface area contributed by atoms with E-state index in [2.05, 4.69) is 5.43 Å². The predicted octanol–water partition coefficient (Wildman–Crippen LogP) is 3.38. The van der Waals surface area contributed by atoms with Gasteiger partial charge in [0.2, 0.25) is 5.91 Å². The van der Waals surface area contributed by atoms with Gasteiger partial charge in [-0.1, -0.05) is 48.5 Å². The summed E-state index contributed by atoms with van der Waals surface area (Å²) in [6, 6.07) is 21.0. The number of aromatic carboxylic acids is 1. The van der Waals surface area contributed by atoms with Crippen LogP contribution in [-0.4, -0.2) is 34.2 Å². The number of benzene rings is 3. The predicted molar refractivity (Wildman–Crippen MR) is 116 cm³/mol. The third kappa shape index (κ3) is 6.07. The molecule has 160 valence electrons. The van der Waals surface area contributed by atoms with Crippen LogP contribution in [0, 0.1) is 0 Å². The van der Waals surface area contributed by atoms with Gasteiger partial charge in [-0.2, -0.15) is 0 Å². The van der Waals surface area contributed by atoms with E-state index >= 15 is 0 Å². The minimum absolute atomic E-state index is 0.00325. The van der Waals surface area contributed by atoms with Crippen LogP contribution in [-0.2, 0) is 24.3 Å². The summed E-state index contributed by atoms with van der Waals surface area (Å²) >= 11 is 0. The molecule has 0 atom stereocenters. The highest BCUT2D eigenvalue weighted by atomic mass is 16.5. The normalized spacial score (nSPS) is 10.5. The lowest BCUT2D eigenvalue weighted by molar-refractivity contribution is -0.134. The maximum Gasteiger partial charge on any atom is 0.335 e. The molecule has 0 aliphatic rings. The molecule has 31 heavy (non-hydrogen) atoms. The second-order valence-electron chi connectivity index (χ2n) is 6.97. The molecule has 1 amide bonds. The number of methoxy groups -OCH3 is 1. The number of rotatable bonds is 9. The highest BCUT2D eigenvalue weighted by molar-refractivity contribution is 5.88. The number of phenolic OH excluding ortho intramolecular Hbond substituents is 1. The number of amides is 1. The van der Waals surface area contributed by atoms with Crippen molar-refractivity contribution in [2.24, 2.45) is 0 Å². The highest BCUT2D eigenvalue weighted by Gasteiger charge is 2.16. The van der Waals surface area contributed by atoms with Gasteiger partial charge in [0, 0.05) is 12.1 Å². The van der Waals surface area contributed by atoms with E-state index in [1.54, 1.807) is 7.11 Å². The minimum Gasteiger partial charge on any atom is -0.508 e. The van der Waals surface area contributed by atoms with Gasteiger partial charge in [0.05, 0.1) is 25.6 Å². The summed E-state index contributed by atoms with van der Waals surface area (Å²) in [5, 5.41) is 20.7. The molecule has 0 heterocycles. The molecule has 0 saturated carbocycles. The van der Waals surface area contributed by atoms with Crippen LogP contribution in [0.1, 0.15) is 27.0 Å². The number of carboxylic acids is 1. The first kappa shape index (κ1) is 21.9. The summed E-state index contributed by atoms with van der Waals surface area (Å²) in [5.41, 5.74) is 5.34. The Balaban J connectivity index is 1.75. The van der Waals surface area contributed by atoms with E-state index in [0.717, 1.165) is 16.9 Å². The summed E-state index contributed by atoms with van der Waals surface area (Å²) in [5.74, 6) is -0.674. The van der Waals surface area contributed by atoms with Gasteiger partial charge >= 0.3 is 5.97 Å². The van der Waals surface area contributed by atoms with Crippen LogP contribution in [0.4, 0.5) is 0 Å². The van der Waals surface area contributed by atoms with Crippen molar-refractivity contribution in [1.82, 2.24) is 10.4 Å². The Hall–Kier alpha value is -3.84. The molecule has 3 aromatic rings. The van der Waals surface area contributed by atoms with Gasteiger partial charge in [0.15, 0.2) is 0 Å². The maximum absolute atomic E-state index is 13.0. The zero-order valence-electron chi connectivity index (χ0n) is 17.1. The van der Waals surface area contributed by atoms with Crippen molar-refractivity contribution in [2.75, 3.05) is 7.11 Å². The largest absolute Gasteiger partial charge is 0.508 e. The van der Waals surface area contributed by atoms with Gasteiger partial charge in [-0.3, -0.25) is 9.80 Å². The van der Waals surface area contributed by atoms with Crippen molar-refractivity contribution < 1.29 is 24.5 Å². The van der Waals surface area contributed by atoms with Gasteiger partial charge in [-0.15, -0.1) is 0 Å². The fourth-order valence-electron chi connectivity index (χ4n) is 3.04. The molecular weight excluding hydrogens is 396 g/mol. The molecule has 0 saturated heterocycles. The standard InChI is InChI=1S/C24H24N2O5/c1-31-21-11-7-18(8-12-21)16-26(23(28)13-17-5-3-2-4-6-17)25-15-20-10-9-19(24(29)30)14-22(20)27/h2-12,14,25,27H,13,15-16H2,1H3,(H,29,30). The Labute approximate surface area is 180 Å². The number of carbonyl (C=O) groups is 2. The van der Waals surface area contributed by atoms with E-state index in [-0.39, 0.29) is 30.2 Å². The monoisotopic (exact) mass is 420 g/mol. The number of nitrogens with zero attached hydrogens (tertiary/aromatic N) is 1. The number of aromatic hydroxyl groups is 1. The molecule has 0 aliphatic carbocycles. The van der Waals surface area contributed by atoms with Crippen molar-refractivity contribution in [3.8, 4) is 11.5 Å². The van der Waals surface area contributed by atoms with E-state index in [0.29, 0.717) is 12.1 Å². The summed E-state index contributed by atoms with van der Waals surface area (Å²) < 4.78 is 5.18. The number of hydrogen-bond donors (Lipinski definition) is 3. The molecule has 7 nitrogen and oxygen atoms in total. The van der Waals surface area contributed by atoms with Crippen LogP contribution >= 0.6 is 0 Å². The number of hydrazine groups is 1. The van der Waals surface area contributed by atoms with Gasteiger partial charge in [-0.05, 0) is 35.4 Å². The molecule has 0 unspecified atom stereocenters. The lowest BCUT2D eigenvalue weighted by Crippen LogP contribution is -2.42. The zero-order chi connectivity index (χ0) is 22.2. The summed E-state index contributed by atoms with van der Waals surface area (Å²) in [4.78, 5) is 24.0. The van der Waals surface area contributed by atoms with Crippen molar-refractivity contribution in [1.29, 1.82) is 0 Å². The fraction of sp³-hybridized carbons (Fsp3) is 0.167. The number of hydrogen-bond acceptors (Lipinski definition) is 5. The molecule has 0 aliphatic heterocycles. The van der Waals surface area contributed by atoms with Crippen LogP contribution in [0.5, 0.6) is 11.5 Å². The smallest absolute Gasteiger partial charge is 0.335 e. The average molecular weight is 420 g/mol. The van der Waals surface area contributed by atoms with Crippen LogP contribution in [0.3, 0.4) is 0 Å². The fourth-order valence-corrected chi connectivity index (χ4v) is 3.04. The lowest BCUT2D eigenvalue weighted by atomic mass is 10.1. The second-order valence-corrected chi connectivity index (χ2v) is 6.97. The quantitative estimate of drug-likeness (QED) is 0.459. The van der Waals surface area contributed by atoms with Gasteiger partial charge in [0.1, 0.15) is 11.5 Å². The van der Waals surface area contributed by atoms with E-state index < -0.39 is 5.97 Å². The summed E-state index contributed by atoms with van der Waals surface area (Å²) in [6.07, 6.45) is 0.216. The minimum atomic E-state index is -1.12. The molecule has 0 spiro atoms.